The summed E-state index contributed by atoms with van der Waals surface area (Å²) in [5.74, 6) is 0.320. The number of hydrogen-bond donors (Lipinski definition) is 0. The fourth-order valence-corrected chi connectivity index (χ4v) is 4.14. The molecular weight excluding hydrogens is 282 g/mol. The Bertz CT molecular complexity index is 484. The molecule has 1 aromatic carbocycles. The Morgan fingerprint density at radius 2 is 1.48 bits per heavy atom. The fourth-order valence-electron chi connectivity index (χ4n) is 4.02. The van der Waals surface area contributed by atoms with Crippen molar-refractivity contribution in [1.29, 1.82) is 0 Å². The van der Waals surface area contributed by atoms with Crippen molar-refractivity contribution in [1.82, 2.24) is 4.90 Å². The summed E-state index contributed by atoms with van der Waals surface area (Å²) in [5.41, 5.74) is 0.582. The quantitative estimate of drug-likeness (QED) is 0.754. The lowest BCUT2D eigenvalue weighted by Crippen LogP contribution is -2.57. The van der Waals surface area contributed by atoms with E-state index in [0.717, 1.165) is 31.5 Å². The summed E-state index contributed by atoms with van der Waals surface area (Å²) >= 11 is 5.96. The highest BCUT2D eigenvalue weighted by Gasteiger charge is 2.44. The van der Waals surface area contributed by atoms with Gasteiger partial charge in [-0.25, -0.2) is 0 Å². The van der Waals surface area contributed by atoms with E-state index in [4.69, 9.17) is 11.6 Å². The van der Waals surface area contributed by atoms with Crippen LogP contribution in [0.3, 0.4) is 0 Å². The molecule has 1 aliphatic carbocycles. The molecule has 1 aliphatic heterocycles. The molecule has 0 N–H and O–H groups in total. The van der Waals surface area contributed by atoms with Gasteiger partial charge < -0.3 is 0 Å². The summed E-state index contributed by atoms with van der Waals surface area (Å²) in [6, 6.07) is 7.46. The van der Waals surface area contributed by atoms with Gasteiger partial charge in [-0.15, -0.1) is 0 Å². The monoisotopic (exact) mass is 305 g/mol. The van der Waals surface area contributed by atoms with Crippen LogP contribution in [-0.4, -0.2) is 29.3 Å². The molecule has 0 radical (unpaired) electrons. The molecule has 2 aliphatic rings. The summed E-state index contributed by atoms with van der Waals surface area (Å²) in [5, 5.41) is 0.696. The van der Waals surface area contributed by atoms with Gasteiger partial charge in [0.15, 0.2) is 5.78 Å². The van der Waals surface area contributed by atoms with Crippen molar-refractivity contribution in [2.75, 3.05) is 13.1 Å². The first-order valence-electron chi connectivity index (χ1n) is 8.28. The second-order valence-electron chi connectivity index (χ2n) is 6.48. The third-order valence-corrected chi connectivity index (χ3v) is 5.42. The Morgan fingerprint density at radius 1 is 0.905 bits per heavy atom. The molecule has 2 nitrogen and oxygen atoms in total. The van der Waals surface area contributed by atoms with Gasteiger partial charge in [-0.2, -0.15) is 0 Å². The highest BCUT2D eigenvalue weighted by atomic mass is 35.5. The molecule has 114 valence electrons. The van der Waals surface area contributed by atoms with E-state index in [1.807, 2.05) is 24.3 Å². The predicted octanol–water partition coefficient (Wildman–Crippen LogP) is 4.71. The van der Waals surface area contributed by atoms with Crippen LogP contribution >= 0.6 is 11.6 Å². The number of benzene rings is 1. The van der Waals surface area contributed by atoms with Gasteiger partial charge in [0.25, 0.3) is 0 Å². The maximum atomic E-state index is 13.2. The molecule has 3 heteroatoms. The summed E-state index contributed by atoms with van der Waals surface area (Å²) in [6.45, 7) is 2.17. The Hall–Kier alpha value is -0.860. The lowest BCUT2D eigenvalue weighted by atomic mass is 9.74. The van der Waals surface area contributed by atoms with Crippen LogP contribution in [0.4, 0.5) is 0 Å². The molecule has 21 heavy (non-hydrogen) atoms. The number of ketones is 1. The van der Waals surface area contributed by atoms with Crippen LogP contribution in [0.15, 0.2) is 24.3 Å². The molecule has 1 saturated carbocycles. The molecule has 0 aromatic heterocycles. The minimum absolute atomic E-state index is 0.244. The van der Waals surface area contributed by atoms with E-state index in [1.165, 1.54) is 38.5 Å². The Balaban J connectivity index is 1.90. The van der Waals surface area contributed by atoms with Crippen molar-refractivity contribution in [2.24, 2.45) is 0 Å². The number of hydrogen-bond acceptors (Lipinski definition) is 2. The van der Waals surface area contributed by atoms with Crippen LogP contribution in [0.2, 0.25) is 5.02 Å². The molecular formula is C18H24ClNO. The van der Waals surface area contributed by atoms with Gasteiger partial charge in [0.2, 0.25) is 0 Å². The van der Waals surface area contributed by atoms with Gasteiger partial charge in [0, 0.05) is 10.6 Å². The molecule has 0 atom stereocenters. The van der Waals surface area contributed by atoms with Crippen LogP contribution in [-0.2, 0) is 0 Å². The topological polar surface area (TPSA) is 20.3 Å². The molecule has 0 bridgehead atoms. The molecule has 1 aromatic rings. The van der Waals surface area contributed by atoms with Gasteiger partial charge in [-0.05, 0) is 63.0 Å². The zero-order valence-corrected chi connectivity index (χ0v) is 13.4. The van der Waals surface area contributed by atoms with E-state index in [2.05, 4.69) is 4.90 Å². The standard InChI is InChI=1S/C18H24ClNO/c19-16-9-7-15(8-10-16)17(21)18(11-3-1-4-12-18)20-13-5-2-6-14-20/h7-10H,1-6,11-14H2. The van der Waals surface area contributed by atoms with E-state index in [9.17, 15) is 4.79 Å². The maximum absolute atomic E-state index is 13.2. The second kappa shape index (κ2) is 6.50. The molecule has 0 amide bonds. The zero-order valence-electron chi connectivity index (χ0n) is 12.6. The second-order valence-corrected chi connectivity index (χ2v) is 6.91. The van der Waals surface area contributed by atoms with Crippen LogP contribution in [0, 0.1) is 0 Å². The number of carbonyl (C=O) groups is 1. The van der Waals surface area contributed by atoms with Gasteiger partial charge in [0.05, 0.1) is 5.54 Å². The fraction of sp³-hybridized carbons (Fsp3) is 0.611. The first-order valence-corrected chi connectivity index (χ1v) is 8.66. The predicted molar refractivity (Wildman–Crippen MR) is 87.0 cm³/mol. The van der Waals surface area contributed by atoms with Crippen LogP contribution < -0.4 is 0 Å². The lowest BCUT2D eigenvalue weighted by molar-refractivity contribution is 0.0292. The normalized spacial score (nSPS) is 22.9. The molecule has 3 rings (SSSR count). The highest BCUT2D eigenvalue weighted by Crippen LogP contribution is 2.38. The Kier molecular flexibility index (Phi) is 4.66. The van der Waals surface area contributed by atoms with Crippen molar-refractivity contribution in [3.05, 3.63) is 34.9 Å². The molecule has 0 unspecified atom stereocenters. The Labute approximate surface area is 132 Å². The summed E-state index contributed by atoms with van der Waals surface area (Å²) in [4.78, 5) is 15.7. The molecule has 1 heterocycles. The van der Waals surface area contributed by atoms with Crippen molar-refractivity contribution >= 4 is 17.4 Å². The van der Waals surface area contributed by atoms with E-state index < -0.39 is 0 Å². The molecule has 2 fully saturated rings. The van der Waals surface area contributed by atoms with Gasteiger partial charge >= 0.3 is 0 Å². The van der Waals surface area contributed by atoms with E-state index in [1.54, 1.807) is 0 Å². The van der Waals surface area contributed by atoms with Crippen LogP contribution in [0.5, 0.6) is 0 Å². The van der Waals surface area contributed by atoms with Gasteiger partial charge in [-0.3, -0.25) is 9.69 Å². The zero-order chi connectivity index (χ0) is 14.7. The summed E-state index contributed by atoms with van der Waals surface area (Å²) < 4.78 is 0. The number of carbonyl (C=O) groups excluding carboxylic acids is 1. The number of piperidine rings is 1. The van der Waals surface area contributed by atoms with Crippen molar-refractivity contribution < 1.29 is 4.79 Å². The molecule has 0 spiro atoms. The number of likely N-dealkylation sites (tertiary alicyclic amines) is 1. The van der Waals surface area contributed by atoms with Gasteiger partial charge in [-0.1, -0.05) is 37.3 Å². The lowest BCUT2D eigenvalue weighted by Gasteiger charge is -2.47. The average molecular weight is 306 g/mol. The number of Topliss-reactive ketones (excluding diaryl/α,β-unsaturated/α-hetero) is 1. The number of halogens is 1. The van der Waals surface area contributed by atoms with Crippen LogP contribution in [0.25, 0.3) is 0 Å². The van der Waals surface area contributed by atoms with Crippen molar-refractivity contribution in [2.45, 2.75) is 56.9 Å². The van der Waals surface area contributed by atoms with E-state index in [0.29, 0.717) is 10.8 Å². The van der Waals surface area contributed by atoms with Crippen LogP contribution in [0.1, 0.15) is 61.7 Å². The molecule has 1 saturated heterocycles. The van der Waals surface area contributed by atoms with Crippen molar-refractivity contribution in [3.8, 4) is 0 Å². The van der Waals surface area contributed by atoms with Crippen molar-refractivity contribution in [3.63, 3.8) is 0 Å². The smallest absolute Gasteiger partial charge is 0.183 e. The minimum atomic E-state index is -0.244. The SMILES string of the molecule is O=C(c1ccc(Cl)cc1)C1(N2CCCCC2)CCCCC1. The Morgan fingerprint density at radius 3 is 2.10 bits per heavy atom. The number of rotatable bonds is 3. The first kappa shape index (κ1) is 15.1. The minimum Gasteiger partial charge on any atom is -0.292 e. The third-order valence-electron chi connectivity index (χ3n) is 5.17. The maximum Gasteiger partial charge on any atom is 0.183 e. The largest absolute Gasteiger partial charge is 0.292 e. The van der Waals surface area contributed by atoms with E-state index >= 15 is 0 Å². The highest BCUT2D eigenvalue weighted by molar-refractivity contribution is 6.30. The van der Waals surface area contributed by atoms with Gasteiger partial charge in [0.1, 0.15) is 0 Å². The summed E-state index contributed by atoms with van der Waals surface area (Å²) in [7, 11) is 0. The third kappa shape index (κ3) is 3.02. The van der Waals surface area contributed by atoms with E-state index in [-0.39, 0.29) is 5.54 Å². The summed E-state index contributed by atoms with van der Waals surface area (Å²) in [6.07, 6.45) is 9.44. The number of nitrogens with zero attached hydrogens (tertiary/aromatic N) is 1. The first-order chi connectivity index (χ1) is 10.2. The average Bonchev–Trinajstić information content (AvgIpc) is 2.56.